The quantitative estimate of drug-likeness (QED) is 0.742. The topological polar surface area (TPSA) is 34.9 Å². The first-order chi connectivity index (χ1) is 7.02. The first-order valence-corrected chi connectivity index (χ1v) is 5.36. The van der Waals surface area contributed by atoms with Crippen LogP contribution < -0.4 is 0 Å². The fourth-order valence-corrected chi connectivity index (χ4v) is 1.94. The Hall–Kier alpha value is -1.38. The van der Waals surface area contributed by atoms with E-state index >= 15 is 0 Å². The molecule has 0 atom stereocenters. The second-order valence-corrected chi connectivity index (χ2v) is 4.58. The highest BCUT2D eigenvalue weighted by Gasteiger charge is 2.26. The SMILES string of the molecule is CC(C)C1=CC(=O)n2c1cnc2C(C)C. The maximum absolute atomic E-state index is 11.8. The number of carbonyl (C=O) groups excluding carboxylic acids is 1. The molecule has 0 saturated carbocycles. The summed E-state index contributed by atoms with van der Waals surface area (Å²) >= 11 is 0. The van der Waals surface area contributed by atoms with Crippen LogP contribution in [-0.2, 0) is 0 Å². The summed E-state index contributed by atoms with van der Waals surface area (Å²) in [5, 5.41) is 0. The van der Waals surface area contributed by atoms with Crippen LogP contribution in [0.4, 0.5) is 0 Å². The van der Waals surface area contributed by atoms with Gasteiger partial charge >= 0.3 is 0 Å². The Morgan fingerprint density at radius 2 is 1.87 bits per heavy atom. The van der Waals surface area contributed by atoms with E-state index < -0.39 is 0 Å². The third-order valence-corrected chi connectivity index (χ3v) is 2.72. The first kappa shape index (κ1) is 10.1. The molecular weight excluding hydrogens is 188 g/mol. The summed E-state index contributed by atoms with van der Waals surface area (Å²) < 4.78 is 1.74. The lowest BCUT2D eigenvalue weighted by Crippen LogP contribution is -2.10. The molecular formula is C12H16N2O. The van der Waals surface area contributed by atoms with E-state index in [1.165, 1.54) is 0 Å². The molecule has 3 nitrogen and oxygen atoms in total. The van der Waals surface area contributed by atoms with Gasteiger partial charge in [-0.3, -0.25) is 9.36 Å². The van der Waals surface area contributed by atoms with Gasteiger partial charge in [0.05, 0.1) is 11.9 Å². The Morgan fingerprint density at radius 3 is 2.40 bits per heavy atom. The average Bonchev–Trinajstić information content (AvgIpc) is 2.66. The van der Waals surface area contributed by atoms with Gasteiger partial charge < -0.3 is 0 Å². The second kappa shape index (κ2) is 3.33. The average molecular weight is 204 g/mol. The number of imidazole rings is 1. The van der Waals surface area contributed by atoms with Crippen LogP contribution in [0.25, 0.3) is 5.57 Å². The number of rotatable bonds is 2. The van der Waals surface area contributed by atoms with Crippen LogP contribution in [0.1, 0.15) is 49.9 Å². The summed E-state index contributed by atoms with van der Waals surface area (Å²) in [6.07, 6.45) is 3.54. The molecule has 0 radical (unpaired) electrons. The molecule has 0 N–H and O–H groups in total. The minimum atomic E-state index is 0.0508. The van der Waals surface area contributed by atoms with Crippen molar-refractivity contribution in [3.8, 4) is 0 Å². The van der Waals surface area contributed by atoms with Gasteiger partial charge in [-0.05, 0) is 11.5 Å². The smallest absolute Gasteiger partial charge is 0.256 e. The number of nitrogens with zero attached hydrogens (tertiary/aromatic N) is 2. The van der Waals surface area contributed by atoms with Crippen molar-refractivity contribution in [1.82, 2.24) is 9.55 Å². The Labute approximate surface area is 89.8 Å². The van der Waals surface area contributed by atoms with E-state index in [9.17, 15) is 4.79 Å². The molecule has 0 bridgehead atoms. The van der Waals surface area contributed by atoms with Crippen LogP contribution in [-0.4, -0.2) is 15.5 Å². The monoisotopic (exact) mass is 204 g/mol. The lowest BCUT2D eigenvalue weighted by molar-refractivity contribution is 0.0969. The van der Waals surface area contributed by atoms with Crippen LogP contribution in [0, 0.1) is 5.92 Å². The van der Waals surface area contributed by atoms with Crippen LogP contribution in [0.2, 0.25) is 0 Å². The summed E-state index contributed by atoms with van der Waals surface area (Å²) in [6, 6.07) is 0. The lowest BCUT2D eigenvalue weighted by Gasteiger charge is -2.07. The minimum absolute atomic E-state index is 0.0508. The fraction of sp³-hybridized carbons (Fsp3) is 0.500. The normalized spacial score (nSPS) is 15.1. The largest absolute Gasteiger partial charge is 0.269 e. The zero-order chi connectivity index (χ0) is 11.2. The lowest BCUT2D eigenvalue weighted by atomic mass is 10.0. The summed E-state index contributed by atoms with van der Waals surface area (Å²) in [5.74, 6) is 1.56. The molecule has 1 aromatic heterocycles. The Bertz CT molecular complexity index is 438. The first-order valence-electron chi connectivity index (χ1n) is 5.36. The van der Waals surface area contributed by atoms with Crippen LogP contribution in [0.15, 0.2) is 12.3 Å². The molecule has 0 unspecified atom stereocenters. The van der Waals surface area contributed by atoms with Gasteiger partial charge in [0.2, 0.25) is 0 Å². The maximum atomic E-state index is 11.8. The van der Waals surface area contributed by atoms with E-state index in [0.29, 0.717) is 5.92 Å². The van der Waals surface area contributed by atoms with Crippen molar-refractivity contribution in [2.45, 2.75) is 33.6 Å². The molecule has 0 aromatic carbocycles. The molecule has 0 fully saturated rings. The number of fused-ring (bicyclic) bond motifs is 1. The number of aromatic nitrogens is 2. The van der Waals surface area contributed by atoms with E-state index in [4.69, 9.17) is 0 Å². The molecule has 2 heterocycles. The van der Waals surface area contributed by atoms with Gasteiger partial charge in [0.25, 0.3) is 5.91 Å². The maximum Gasteiger partial charge on any atom is 0.256 e. The van der Waals surface area contributed by atoms with Crippen molar-refractivity contribution < 1.29 is 4.79 Å². The van der Waals surface area contributed by atoms with Crippen molar-refractivity contribution >= 4 is 11.5 Å². The summed E-state index contributed by atoms with van der Waals surface area (Å²) in [4.78, 5) is 16.1. The number of allylic oxidation sites excluding steroid dienone is 2. The predicted molar refractivity (Wildman–Crippen MR) is 59.8 cm³/mol. The van der Waals surface area contributed by atoms with Gasteiger partial charge in [0.15, 0.2) is 0 Å². The highest BCUT2D eigenvalue weighted by molar-refractivity contribution is 6.03. The Morgan fingerprint density at radius 1 is 1.20 bits per heavy atom. The van der Waals surface area contributed by atoms with Crippen molar-refractivity contribution in [3.63, 3.8) is 0 Å². The van der Waals surface area contributed by atoms with Crippen molar-refractivity contribution in [3.05, 3.63) is 23.8 Å². The molecule has 3 heteroatoms. The molecule has 0 amide bonds. The summed E-state index contributed by atoms with van der Waals surface area (Å²) in [5.41, 5.74) is 2.07. The van der Waals surface area contributed by atoms with Crippen LogP contribution in [0.3, 0.4) is 0 Å². The third kappa shape index (κ3) is 1.42. The number of hydrogen-bond acceptors (Lipinski definition) is 2. The fourth-order valence-electron chi connectivity index (χ4n) is 1.94. The molecule has 2 rings (SSSR count). The van der Waals surface area contributed by atoms with Gasteiger partial charge in [-0.25, -0.2) is 4.98 Å². The summed E-state index contributed by atoms with van der Waals surface area (Å²) in [6.45, 7) is 8.29. The van der Waals surface area contributed by atoms with Gasteiger partial charge in [0, 0.05) is 12.0 Å². The number of hydrogen-bond donors (Lipinski definition) is 0. The molecule has 80 valence electrons. The third-order valence-electron chi connectivity index (χ3n) is 2.72. The minimum Gasteiger partial charge on any atom is -0.269 e. The van der Waals surface area contributed by atoms with Crippen LogP contribution >= 0.6 is 0 Å². The van der Waals surface area contributed by atoms with Crippen LogP contribution in [0.5, 0.6) is 0 Å². The van der Waals surface area contributed by atoms with E-state index in [1.807, 2.05) is 6.20 Å². The summed E-state index contributed by atoms with van der Waals surface area (Å²) in [7, 11) is 0. The van der Waals surface area contributed by atoms with E-state index in [-0.39, 0.29) is 11.8 Å². The molecule has 0 aliphatic carbocycles. The molecule has 1 aromatic rings. The Kier molecular flexibility index (Phi) is 2.25. The van der Waals surface area contributed by atoms with Gasteiger partial charge in [-0.15, -0.1) is 0 Å². The van der Waals surface area contributed by atoms with E-state index in [0.717, 1.165) is 17.1 Å². The van der Waals surface area contributed by atoms with Gasteiger partial charge in [0.1, 0.15) is 5.82 Å². The van der Waals surface area contributed by atoms with Crippen molar-refractivity contribution in [2.24, 2.45) is 5.92 Å². The van der Waals surface area contributed by atoms with E-state index in [1.54, 1.807) is 10.6 Å². The molecule has 15 heavy (non-hydrogen) atoms. The second-order valence-electron chi connectivity index (χ2n) is 4.58. The molecule has 1 aliphatic rings. The van der Waals surface area contributed by atoms with E-state index in [2.05, 4.69) is 32.7 Å². The molecule has 0 spiro atoms. The highest BCUT2D eigenvalue weighted by Crippen LogP contribution is 2.31. The van der Waals surface area contributed by atoms with Gasteiger partial charge in [-0.1, -0.05) is 27.7 Å². The zero-order valence-electron chi connectivity index (χ0n) is 9.61. The predicted octanol–water partition coefficient (Wildman–Crippen LogP) is 2.70. The molecule has 0 saturated heterocycles. The standard InChI is InChI=1S/C12H16N2O/c1-7(2)9-5-11(15)14-10(9)6-13-12(14)8(3)4/h5-8H,1-4H3. The Balaban J connectivity index is 2.54. The van der Waals surface area contributed by atoms with Crippen molar-refractivity contribution in [2.75, 3.05) is 0 Å². The van der Waals surface area contributed by atoms with Gasteiger partial charge in [-0.2, -0.15) is 0 Å². The zero-order valence-corrected chi connectivity index (χ0v) is 9.61. The van der Waals surface area contributed by atoms with Crippen molar-refractivity contribution in [1.29, 1.82) is 0 Å². The number of carbonyl (C=O) groups is 1. The molecule has 1 aliphatic heterocycles. The highest BCUT2D eigenvalue weighted by atomic mass is 16.2.